The lowest BCUT2D eigenvalue weighted by Crippen LogP contribution is -2.11. The van der Waals surface area contributed by atoms with Crippen molar-refractivity contribution in [3.63, 3.8) is 0 Å². The number of halogens is 2. The number of hydrogen-bond acceptors (Lipinski definition) is 4. The topological polar surface area (TPSA) is 81.5 Å². The van der Waals surface area contributed by atoms with Gasteiger partial charge in [0.25, 0.3) is 0 Å². The van der Waals surface area contributed by atoms with Crippen LogP contribution in [0.4, 0.5) is 11.4 Å². The molecule has 0 aliphatic carbocycles. The summed E-state index contributed by atoms with van der Waals surface area (Å²) in [7, 11) is 0. The van der Waals surface area contributed by atoms with E-state index in [1.54, 1.807) is 18.2 Å². The average Bonchev–Trinajstić information content (AvgIpc) is 1.98. The molecule has 0 heterocycles. The largest absolute Gasteiger partial charge is 0.463 e. The first-order chi connectivity index (χ1) is 5.61. The van der Waals surface area contributed by atoms with E-state index >= 15 is 0 Å². The molecule has 0 aliphatic heterocycles. The fourth-order valence-electron chi connectivity index (χ4n) is 0.848. The summed E-state index contributed by atoms with van der Waals surface area (Å²) in [5.74, 6) is 0.407. The van der Waals surface area contributed by atoms with E-state index < -0.39 is 6.29 Å². The summed E-state index contributed by atoms with van der Waals surface area (Å²) in [6, 6.07) is 5.03. The van der Waals surface area contributed by atoms with Gasteiger partial charge in [-0.1, -0.05) is 6.07 Å². The summed E-state index contributed by atoms with van der Waals surface area (Å²) < 4.78 is 4.98. The van der Waals surface area contributed by atoms with Crippen LogP contribution in [0, 0.1) is 0 Å². The summed E-state index contributed by atoms with van der Waals surface area (Å²) in [6.07, 6.45) is -0.880. The maximum absolute atomic E-state index is 8.90. The highest BCUT2D eigenvalue weighted by atomic mass is 35.5. The molecule has 0 amide bonds. The van der Waals surface area contributed by atoms with E-state index in [1.807, 2.05) is 0 Å². The van der Waals surface area contributed by atoms with Crippen molar-refractivity contribution in [1.29, 1.82) is 0 Å². The van der Waals surface area contributed by atoms with E-state index in [1.165, 1.54) is 6.92 Å². The molecule has 0 saturated heterocycles. The van der Waals surface area contributed by atoms with E-state index in [0.717, 1.165) is 0 Å². The van der Waals surface area contributed by atoms with Gasteiger partial charge in [-0.3, -0.25) is 0 Å². The third kappa shape index (κ3) is 3.91. The maximum atomic E-state index is 8.90. The van der Waals surface area contributed by atoms with E-state index in [-0.39, 0.29) is 24.8 Å². The van der Waals surface area contributed by atoms with Crippen LogP contribution in [-0.4, -0.2) is 11.4 Å². The highest BCUT2D eigenvalue weighted by Crippen LogP contribution is 2.27. The van der Waals surface area contributed by atoms with E-state index in [4.69, 9.17) is 21.3 Å². The van der Waals surface area contributed by atoms with Crippen LogP contribution in [0.2, 0.25) is 0 Å². The zero-order valence-corrected chi connectivity index (χ0v) is 9.27. The summed E-state index contributed by atoms with van der Waals surface area (Å²) in [4.78, 5) is 0. The van der Waals surface area contributed by atoms with Gasteiger partial charge < -0.3 is 21.3 Å². The van der Waals surface area contributed by atoms with Crippen molar-refractivity contribution < 1.29 is 9.84 Å². The molecule has 4 nitrogen and oxygen atoms in total. The number of rotatable bonds is 2. The van der Waals surface area contributed by atoms with Gasteiger partial charge in [0.1, 0.15) is 5.75 Å². The van der Waals surface area contributed by atoms with Gasteiger partial charge in [-0.25, -0.2) is 0 Å². The van der Waals surface area contributed by atoms with Crippen LogP contribution in [0.25, 0.3) is 0 Å². The van der Waals surface area contributed by atoms with Gasteiger partial charge in [-0.15, -0.1) is 24.8 Å². The molecule has 1 unspecified atom stereocenters. The Morgan fingerprint density at radius 2 is 1.86 bits per heavy atom. The standard InChI is InChI=1S/C8H12N2O2.2ClH/c1-5(11)12-7-4-2-3-6(9)8(7)10;;/h2-5,11H,9-10H2,1H3;2*1H. The highest BCUT2D eigenvalue weighted by Gasteiger charge is 2.04. The molecular weight excluding hydrogens is 227 g/mol. The van der Waals surface area contributed by atoms with Crippen molar-refractivity contribution >= 4 is 36.2 Å². The Balaban J connectivity index is 0. The molecule has 0 aromatic heterocycles. The monoisotopic (exact) mass is 240 g/mol. The van der Waals surface area contributed by atoms with Gasteiger partial charge in [0.05, 0.1) is 11.4 Å². The molecule has 0 radical (unpaired) electrons. The van der Waals surface area contributed by atoms with E-state index in [2.05, 4.69) is 0 Å². The lowest BCUT2D eigenvalue weighted by molar-refractivity contribution is 0.000319. The minimum atomic E-state index is -0.880. The highest BCUT2D eigenvalue weighted by molar-refractivity contribution is 5.85. The van der Waals surface area contributed by atoms with Crippen LogP contribution < -0.4 is 16.2 Å². The summed E-state index contributed by atoms with van der Waals surface area (Å²) >= 11 is 0. The number of hydrogen-bond donors (Lipinski definition) is 3. The predicted molar refractivity (Wildman–Crippen MR) is 62.1 cm³/mol. The van der Waals surface area contributed by atoms with E-state index in [0.29, 0.717) is 17.1 Å². The first kappa shape index (κ1) is 15.6. The van der Waals surface area contributed by atoms with Crippen LogP contribution in [0.15, 0.2) is 18.2 Å². The normalized spacial score (nSPS) is 10.7. The second-order valence-corrected chi connectivity index (χ2v) is 2.48. The zero-order valence-electron chi connectivity index (χ0n) is 7.64. The van der Waals surface area contributed by atoms with E-state index in [9.17, 15) is 0 Å². The summed E-state index contributed by atoms with van der Waals surface area (Å²) in [6.45, 7) is 1.50. The minimum Gasteiger partial charge on any atom is -0.463 e. The number of nitrogens with two attached hydrogens (primary N) is 2. The second-order valence-electron chi connectivity index (χ2n) is 2.48. The molecule has 1 rings (SSSR count). The molecule has 14 heavy (non-hydrogen) atoms. The zero-order chi connectivity index (χ0) is 9.14. The number of nitrogen functional groups attached to an aromatic ring is 2. The Morgan fingerprint density at radius 3 is 2.36 bits per heavy atom. The van der Waals surface area contributed by atoms with Crippen molar-refractivity contribution in [2.75, 3.05) is 11.5 Å². The SMILES string of the molecule is CC(O)Oc1cccc(N)c1N.Cl.Cl. The fourth-order valence-corrected chi connectivity index (χ4v) is 0.848. The Morgan fingerprint density at radius 1 is 1.29 bits per heavy atom. The molecular formula is C8H14Cl2N2O2. The van der Waals surface area contributed by atoms with Crippen molar-refractivity contribution in [1.82, 2.24) is 0 Å². The molecule has 1 aromatic carbocycles. The Kier molecular flexibility index (Phi) is 7.35. The number of ether oxygens (including phenoxy) is 1. The molecule has 1 atom stereocenters. The molecule has 6 heteroatoms. The van der Waals surface area contributed by atoms with Crippen molar-refractivity contribution in [3.05, 3.63) is 18.2 Å². The lowest BCUT2D eigenvalue weighted by Gasteiger charge is -2.11. The first-order valence-electron chi connectivity index (χ1n) is 3.60. The Hall–Kier alpha value is -0.840. The molecule has 1 aromatic rings. The van der Waals surface area contributed by atoms with Gasteiger partial charge in [0, 0.05) is 0 Å². The van der Waals surface area contributed by atoms with Crippen LogP contribution in [0.5, 0.6) is 5.75 Å². The molecule has 82 valence electrons. The molecule has 0 saturated carbocycles. The number of anilines is 2. The fraction of sp³-hybridized carbons (Fsp3) is 0.250. The van der Waals surface area contributed by atoms with Gasteiger partial charge in [0.15, 0.2) is 6.29 Å². The van der Waals surface area contributed by atoms with Crippen molar-refractivity contribution in [3.8, 4) is 5.75 Å². The molecule has 5 N–H and O–H groups in total. The quantitative estimate of drug-likeness (QED) is 0.540. The third-order valence-electron chi connectivity index (χ3n) is 1.40. The number of aliphatic hydroxyl groups excluding tert-OH is 1. The number of para-hydroxylation sites is 1. The van der Waals surface area contributed by atoms with Crippen LogP contribution in [-0.2, 0) is 0 Å². The molecule has 0 spiro atoms. The van der Waals surface area contributed by atoms with Crippen LogP contribution >= 0.6 is 24.8 Å². The number of aliphatic hydroxyl groups is 1. The third-order valence-corrected chi connectivity index (χ3v) is 1.40. The van der Waals surface area contributed by atoms with Gasteiger partial charge in [-0.2, -0.15) is 0 Å². The van der Waals surface area contributed by atoms with Gasteiger partial charge in [0.2, 0.25) is 0 Å². The van der Waals surface area contributed by atoms with Crippen LogP contribution in [0.3, 0.4) is 0 Å². The maximum Gasteiger partial charge on any atom is 0.194 e. The molecule has 0 bridgehead atoms. The smallest absolute Gasteiger partial charge is 0.194 e. The number of benzene rings is 1. The van der Waals surface area contributed by atoms with Crippen molar-refractivity contribution in [2.24, 2.45) is 0 Å². The molecule has 0 fully saturated rings. The van der Waals surface area contributed by atoms with Gasteiger partial charge >= 0.3 is 0 Å². The van der Waals surface area contributed by atoms with Crippen molar-refractivity contribution in [2.45, 2.75) is 13.2 Å². The summed E-state index contributed by atoms with van der Waals surface area (Å²) in [5, 5.41) is 8.90. The minimum absolute atomic E-state index is 0. The predicted octanol–water partition coefficient (Wildman–Crippen LogP) is 1.41. The first-order valence-corrected chi connectivity index (χ1v) is 3.60. The second kappa shape index (κ2) is 6.59. The average molecular weight is 241 g/mol. The van der Waals surface area contributed by atoms with Gasteiger partial charge in [-0.05, 0) is 19.1 Å². The molecule has 0 aliphatic rings. The lowest BCUT2D eigenvalue weighted by atomic mass is 10.2. The Labute approximate surface area is 95.1 Å². The Bertz CT molecular complexity index is 282. The van der Waals surface area contributed by atoms with Crippen LogP contribution in [0.1, 0.15) is 6.92 Å². The summed E-state index contributed by atoms with van der Waals surface area (Å²) in [5.41, 5.74) is 11.9.